The average Bonchev–Trinajstić information content (AvgIpc) is 2.81. The Morgan fingerprint density at radius 3 is 2.27 bits per heavy atom. The Labute approximate surface area is 194 Å². The van der Waals surface area contributed by atoms with E-state index in [1.54, 1.807) is 12.1 Å². The lowest BCUT2D eigenvalue weighted by molar-refractivity contribution is -0.117. The molecule has 2 aromatic rings. The maximum absolute atomic E-state index is 14.4. The van der Waals surface area contributed by atoms with Gasteiger partial charge in [0.25, 0.3) is 0 Å². The number of hydrogen-bond acceptors (Lipinski definition) is 6. The summed E-state index contributed by atoms with van der Waals surface area (Å²) in [7, 11) is 0. The molecule has 4 rings (SSSR count). The first-order valence-electron chi connectivity index (χ1n) is 11.4. The van der Waals surface area contributed by atoms with Crippen molar-refractivity contribution in [1.29, 1.82) is 0 Å². The Hall–Kier alpha value is -2.81. The first-order valence-corrected chi connectivity index (χ1v) is 11.4. The molecule has 1 amide bonds. The Bertz CT molecular complexity index is 968. The third kappa shape index (κ3) is 6.37. The van der Waals surface area contributed by atoms with Gasteiger partial charge in [-0.3, -0.25) is 19.4 Å². The molecule has 0 unspecified atom stereocenters. The molecule has 2 fully saturated rings. The number of ketones is 1. The molecule has 1 N–H and O–H groups in total. The van der Waals surface area contributed by atoms with Crippen LogP contribution >= 0.6 is 0 Å². The lowest BCUT2D eigenvalue weighted by Crippen LogP contribution is -2.48. The monoisotopic (exact) mass is 454 g/mol. The number of nitrogens with zero attached hydrogens (tertiary/aromatic N) is 3. The van der Waals surface area contributed by atoms with Crippen LogP contribution < -0.4 is 10.2 Å². The highest BCUT2D eigenvalue weighted by molar-refractivity contribution is 5.94. The summed E-state index contributed by atoms with van der Waals surface area (Å²) in [6, 6.07) is 12.6. The number of anilines is 2. The molecule has 2 aliphatic heterocycles. The van der Waals surface area contributed by atoms with Gasteiger partial charge in [-0.05, 0) is 42.8 Å². The average molecular weight is 455 g/mol. The molecule has 2 saturated heterocycles. The molecule has 0 saturated carbocycles. The summed E-state index contributed by atoms with van der Waals surface area (Å²) < 4.78 is 19.8. The van der Waals surface area contributed by atoms with E-state index in [-0.39, 0.29) is 17.5 Å². The molecule has 8 heteroatoms. The summed E-state index contributed by atoms with van der Waals surface area (Å²) in [5.41, 5.74) is 2.88. The number of amides is 1. The molecular formula is C25H31FN4O3. The lowest BCUT2D eigenvalue weighted by Gasteiger charge is -2.35. The minimum Gasteiger partial charge on any atom is -0.379 e. The van der Waals surface area contributed by atoms with E-state index in [0.717, 1.165) is 38.5 Å². The van der Waals surface area contributed by atoms with Crippen LogP contribution in [0.4, 0.5) is 15.8 Å². The van der Waals surface area contributed by atoms with Gasteiger partial charge < -0.3 is 15.0 Å². The second-order valence-corrected chi connectivity index (χ2v) is 8.62. The Morgan fingerprint density at radius 2 is 1.64 bits per heavy atom. The number of rotatable bonds is 7. The van der Waals surface area contributed by atoms with Gasteiger partial charge in [0.15, 0.2) is 5.78 Å². The summed E-state index contributed by atoms with van der Waals surface area (Å²) in [6.45, 7) is 8.66. The van der Waals surface area contributed by atoms with Gasteiger partial charge in [-0.1, -0.05) is 12.1 Å². The molecule has 0 aliphatic carbocycles. The number of ether oxygens (including phenoxy) is 1. The number of morpholine rings is 1. The lowest BCUT2D eigenvalue weighted by atomic mass is 10.1. The number of benzene rings is 2. The van der Waals surface area contributed by atoms with E-state index >= 15 is 0 Å². The molecular weight excluding hydrogens is 423 g/mol. The molecule has 176 valence electrons. The fourth-order valence-corrected chi connectivity index (χ4v) is 4.24. The van der Waals surface area contributed by atoms with E-state index in [0.29, 0.717) is 44.0 Å². The van der Waals surface area contributed by atoms with Crippen molar-refractivity contribution in [2.24, 2.45) is 0 Å². The van der Waals surface area contributed by atoms with Crippen LogP contribution in [0.3, 0.4) is 0 Å². The van der Waals surface area contributed by atoms with Crippen molar-refractivity contribution in [3.05, 3.63) is 59.4 Å². The van der Waals surface area contributed by atoms with E-state index in [1.165, 1.54) is 18.6 Å². The number of carbonyl (C=O) groups is 2. The number of piperazine rings is 1. The van der Waals surface area contributed by atoms with Crippen molar-refractivity contribution >= 4 is 23.1 Å². The standard InChI is InChI=1S/C25H31FN4O3/c1-19(31)21-4-7-24(23(26)16-21)30-10-8-28(9-11-30)18-25(32)27-22-5-2-20(3-6-22)17-29-12-14-33-15-13-29/h2-7,16H,8-15,17-18H2,1H3,(H,27,32). The van der Waals surface area contributed by atoms with Gasteiger partial charge in [0.1, 0.15) is 5.82 Å². The zero-order valence-corrected chi connectivity index (χ0v) is 19.1. The van der Waals surface area contributed by atoms with Crippen LogP contribution in [0, 0.1) is 5.82 Å². The Morgan fingerprint density at radius 1 is 0.939 bits per heavy atom. The summed E-state index contributed by atoms with van der Waals surface area (Å²) in [6.07, 6.45) is 0. The van der Waals surface area contributed by atoms with Crippen molar-refractivity contribution < 1.29 is 18.7 Å². The molecule has 33 heavy (non-hydrogen) atoms. The topological polar surface area (TPSA) is 65.1 Å². The minimum absolute atomic E-state index is 0.0543. The number of halogens is 1. The first kappa shape index (κ1) is 23.4. The summed E-state index contributed by atoms with van der Waals surface area (Å²) >= 11 is 0. The minimum atomic E-state index is -0.383. The van der Waals surface area contributed by atoms with Gasteiger partial charge in [-0.25, -0.2) is 4.39 Å². The second-order valence-electron chi connectivity index (χ2n) is 8.62. The van der Waals surface area contributed by atoms with Crippen molar-refractivity contribution in [2.75, 3.05) is 69.2 Å². The number of carbonyl (C=O) groups excluding carboxylic acids is 2. The van der Waals surface area contributed by atoms with Crippen molar-refractivity contribution in [1.82, 2.24) is 9.80 Å². The molecule has 2 heterocycles. The van der Waals surface area contributed by atoms with Crippen LogP contribution in [0.5, 0.6) is 0 Å². The highest BCUT2D eigenvalue weighted by atomic mass is 19.1. The first-order chi connectivity index (χ1) is 16.0. The van der Waals surface area contributed by atoms with E-state index in [1.807, 2.05) is 17.0 Å². The quantitative estimate of drug-likeness (QED) is 0.649. The molecule has 2 aromatic carbocycles. The van der Waals surface area contributed by atoms with Gasteiger partial charge in [-0.2, -0.15) is 0 Å². The van der Waals surface area contributed by atoms with Crippen LogP contribution in [0.15, 0.2) is 42.5 Å². The highest BCUT2D eigenvalue weighted by Crippen LogP contribution is 2.22. The van der Waals surface area contributed by atoms with Gasteiger partial charge >= 0.3 is 0 Å². The number of nitrogens with one attached hydrogen (secondary N) is 1. The maximum Gasteiger partial charge on any atom is 0.238 e. The molecule has 0 spiro atoms. The zero-order chi connectivity index (χ0) is 23.2. The SMILES string of the molecule is CC(=O)c1ccc(N2CCN(CC(=O)Nc3ccc(CN4CCOCC4)cc3)CC2)c(F)c1. The van der Waals surface area contributed by atoms with Gasteiger partial charge in [0.2, 0.25) is 5.91 Å². The molecule has 7 nitrogen and oxygen atoms in total. The molecule has 0 bridgehead atoms. The van der Waals surface area contributed by atoms with Crippen LogP contribution in [0.2, 0.25) is 0 Å². The number of hydrogen-bond donors (Lipinski definition) is 1. The fraction of sp³-hybridized carbons (Fsp3) is 0.440. The fourth-order valence-electron chi connectivity index (χ4n) is 4.24. The predicted molar refractivity (Wildman–Crippen MR) is 126 cm³/mol. The van der Waals surface area contributed by atoms with Crippen LogP contribution in [-0.2, 0) is 16.1 Å². The smallest absolute Gasteiger partial charge is 0.238 e. The number of Topliss-reactive ketones (excluding diaryl/α,β-unsaturated/α-hetero) is 1. The van der Waals surface area contributed by atoms with E-state index in [4.69, 9.17) is 4.74 Å². The summed E-state index contributed by atoms with van der Waals surface area (Å²) in [4.78, 5) is 30.3. The van der Waals surface area contributed by atoms with Gasteiger partial charge in [-0.15, -0.1) is 0 Å². The van der Waals surface area contributed by atoms with Crippen molar-refractivity contribution in [3.8, 4) is 0 Å². The van der Waals surface area contributed by atoms with Crippen LogP contribution in [-0.4, -0.2) is 80.5 Å². The van der Waals surface area contributed by atoms with Crippen molar-refractivity contribution in [2.45, 2.75) is 13.5 Å². The van der Waals surface area contributed by atoms with Gasteiger partial charge in [0, 0.05) is 57.1 Å². The maximum atomic E-state index is 14.4. The van der Waals surface area contributed by atoms with E-state index in [2.05, 4.69) is 27.2 Å². The third-order valence-electron chi connectivity index (χ3n) is 6.18. The summed E-state index contributed by atoms with van der Waals surface area (Å²) in [5.74, 6) is -0.588. The van der Waals surface area contributed by atoms with E-state index < -0.39 is 0 Å². The molecule has 2 aliphatic rings. The predicted octanol–water partition coefficient (Wildman–Crippen LogP) is 2.62. The van der Waals surface area contributed by atoms with Crippen LogP contribution in [0.25, 0.3) is 0 Å². The van der Waals surface area contributed by atoms with Crippen LogP contribution in [0.1, 0.15) is 22.8 Å². The largest absolute Gasteiger partial charge is 0.379 e. The third-order valence-corrected chi connectivity index (χ3v) is 6.18. The second kappa shape index (κ2) is 10.9. The normalized spacial score (nSPS) is 17.7. The molecule has 0 aromatic heterocycles. The van der Waals surface area contributed by atoms with Crippen molar-refractivity contribution in [3.63, 3.8) is 0 Å². The van der Waals surface area contributed by atoms with E-state index in [9.17, 15) is 14.0 Å². The summed E-state index contributed by atoms with van der Waals surface area (Å²) in [5, 5.41) is 2.97. The Kier molecular flexibility index (Phi) is 7.69. The zero-order valence-electron chi connectivity index (χ0n) is 19.1. The Balaban J connectivity index is 1.22. The molecule has 0 radical (unpaired) electrons. The molecule has 0 atom stereocenters. The van der Waals surface area contributed by atoms with Gasteiger partial charge in [0.05, 0.1) is 25.4 Å². The highest BCUT2D eigenvalue weighted by Gasteiger charge is 2.21.